The second-order valence-electron chi connectivity index (χ2n) is 21.1. The highest BCUT2D eigenvalue weighted by molar-refractivity contribution is 5.70. The molecule has 5 nitrogen and oxygen atoms in total. The van der Waals surface area contributed by atoms with Crippen molar-refractivity contribution >= 4 is 11.9 Å². The third-order valence-electron chi connectivity index (χ3n) is 13.9. The van der Waals surface area contributed by atoms with Crippen molar-refractivity contribution in [2.75, 3.05) is 13.2 Å². The number of carbonyl (C=O) groups is 2. The van der Waals surface area contributed by atoms with E-state index in [-0.39, 0.29) is 25.2 Å². The Morgan fingerprint density at radius 1 is 0.324 bits per heavy atom. The summed E-state index contributed by atoms with van der Waals surface area (Å²) in [5.74, 6) is -0.577. The van der Waals surface area contributed by atoms with Crippen LogP contribution < -0.4 is 0 Å². The van der Waals surface area contributed by atoms with Crippen molar-refractivity contribution in [3.05, 3.63) is 97.2 Å². The smallest absolute Gasteiger partial charge is 0.306 e. The van der Waals surface area contributed by atoms with Crippen LogP contribution in [0.25, 0.3) is 0 Å². The first-order valence-corrected chi connectivity index (χ1v) is 31.8. The van der Waals surface area contributed by atoms with Gasteiger partial charge in [0.05, 0.1) is 6.61 Å². The minimum Gasteiger partial charge on any atom is -0.462 e. The molecule has 74 heavy (non-hydrogen) atoms. The lowest BCUT2D eigenvalue weighted by molar-refractivity contribution is -0.161. The molecule has 0 radical (unpaired) electrons. The lowest BCUT2D eigenvalue weighted by Gasteiger charge is -2.15. The molecule has 0 aliphatic heterocycles. The van der Waals surface area contributed by atoms with E-state index >= 15 is 0 Å². The lowest BCUT2D eigenvalue weighted by atomic mass is 10.0. The lowest BCUT2D eigenvalue weighted by Crippen LogP contribution is -2.28. The van der Waals surface area contributed by atoms with Crippen molar-refractivity contribution in [3.63, 3.8) is 0 Å². The van der Waals surface area contributed by atoms with E-state index < -0.39 is 6.10 Å². The molecule has 0 aliphatic rings. The Labute approximate surface area is 459 Å². The van der Waals surface area contributed by atoms with E-state index in [1.54, 1.807) is 0 Å². The average molecular weight is 1030 g/mol. The highest BCUT2D eigenvalue weighted by Crippen LogP contribution is 2.17. The van der Waals surface area contributed by atoms with Crippen LogP contribution in [-0.4, -0.2) is 36.4 Å². The Balaban J connectivity index is 3.47. The maximum absolute atomic E-state index is 12.3. The second kappa shape index (κ2) is 64.1. The number of allylic oxidation sites excluding steroid dienone is 16. The van der Waals surface area contributed by atoms with E-state index in [4.69, 9.17) is 9.47 Å². The standard InChI is InChI=1S/C69H120O5/c1-3-5-7-9-11-13-15-17-19-21-23-24-25-26-27-28-29-30-31-32-33-34-35-36-37-38-39-40-41-42-43-44-46-48-50-52-54-56-58-60-62-64-69(72)74-67(65-70)66-73-68(71)63-61-59-57-55-53-51-49-47-45-22-20-18-16-14-12-10-8-6-4-2/h5,7,11,13,17,19,23-24,26-27,29-30,32-33,35-36,67,70H,3-4,6,8-10,12,14-16,18,20-22,25,28,31,34,37-66H2,1-2H3/b7-5-,13-11-,19-17-,24-23-,27-26-,30-29-,33-32-,36-35-. The molecule has 1 atom stereocenters. The maximum Gasteiger partial charge on any atom is 0.306 e. The fourth-order valence-corrected chi connectivity index (χ4v) is 9.16. The molecule has 0 spiro atoms. The number of aliphatic hydroxyl groups excluding tert-OH is 1. The first kappa shape index (κ1) is 70.8. The Kier molecular flexibility index (Phi) is 61.4. The van der Waals surface area contributed by atoms with Gasteiger partial charge >= 0.3 is 11.9 Å². The summed E-state index contributed by atoms with van der Waals surface area (Å²) in [5.41, 5.74) is 0. The second-order valence-corrected chi connectivity index (χ2v) is 21.1. The molecular formula is C69H120O5. The number of ether oxygens (including phenoxy) is 2. The Hall–Kier alpha value is -3.18. The minimum atomic E-state index is -0.773. The van der Waals surface area contributed by atoms with Crippen molar-refractivity contribution in [1.82, 2.24) is 0 Å². The van der Waals surface area contributed by atoms with Crippen LogP contribution in [0, 0.1) is 0 Å². The van der Waals surface area contributed by atoms with Gasteiger partial charge < -0.3 is 14.6 Å². The van der Waals surface area contributed by atoms with Crippen LogP contribution in [-0.2, 0) is 19.1 Å². The molecule has 0 aliphatic carbocycles. The van der Waals surface area contributed by atoms with Gasteiger partial charge in [0.25, 0.3) is 0 Å². The molecule has 1 N–H and O–H groups in total. The summed E-state index contributed by atoms with van der Waals surface area (Å²) in [6, 6.07) is 0. The van der Waals surface area contributed by atoms with Gasteiger partial charge in [-0.25, -0.2) is 0 Å². The highest BCUT2D eigenvalue weighted by Gasteiger charge is 2.16. The van der Waals surface area contributed by atoms with Crippen LogP contribution in [0.4, 0.5) is 0 Å². The first-order chi connectivity index (χ1) is 36.6. The molecule has 0 aromatic rings. The SMILES string of the molecule is CC/C=C\C/C=C\C/C=C\C/C=C\C/C=C\C/C=C\C/C=C\C/C=C\CCCCCCCCCCCCCCCCCCC(=O)OC(CO)COC(=O)CCCCCCCCCCCCCCCCCCCCC. The molecule has 0 rings (SSSR count). The number of rotatable bonds is 58. The summed E-state index contributed by atoms with van der Waals surface area (Å²) in [6.07, 6.45) is 91.2. The summed E-state index contributed by atoms with van der Waals surface area (Å²) in [5, 5.41) is 9.67. The van der Waals surface area contributed by atoms with E-state index in [2.05, 4.69) is 111 Å². The van der Waals surface area contributed by atoms with Gasteiger partial charge in [-0.3, -0.25) is 9.59 Å². The van der Waals surface area contributed by atoms with Gasteiger partial charge in [-0.1, -0.05) is 317 Å². The van der Waals surface area contributed by atoms with Crippen LogP contribution in [0.2, 0.25) is 0 Å². The van der Waals surface area contributed by atoms with Crippen LogP contribution >= 0.6 is 0 Å². The van der Waals surface area contributed by atoms with E-state index in [9.17, 15) is 14.7 Å². The van der Waals surface area contributed by atoms with Gasteiger partial charge in [-0.15, -0.1) is 0 Å². The number of aliphatic hydroxyl groups is 1. The predicted octanol–water partition coefficient (Wildman–Crippen LogP) is 21.9. The average Bonchev–Trinajstić information content (AvgIpc) is 3.40. The number of esters is 2. The number of hydrogen-bond donors (Lipinski definition) is 1. The molecule has 0 aromatic heterocycles. The molecule has 0 bridgehead atoms. The normalized spacial score (nSPS) is 12.9. The first-order valence-electron chi connectivity index (χ1n) is 31.8. The number of carbonyl (C=O) groups excluding carboxylic acids is 2. The van der Waals surface area contributed by atoms with E-state index in [1.807, 2.05) is 0 Å². The van der Waals surface area contributed by atoms with Crippen LogP contribution in [0.5, 0.6) is 0 Å². The van der Waals surface area contributed by atoms with E-state index in [0.717, 1.165) is 89.9 Å². The van der Waals surface area contributed by atoms with Gasteiger partial charge in [-0.05, 0) is 77.0 Å². The summed E-state index contributed by atoms with van der Waals surface area (Å²) >= 11 is 0. The molecule has 5 heteroatoms. The molecule has 426 valence electrons. The summed E-state index contributed by atoms with van der Waals surface area (Å²) in [6.45, 7) is 4.06. The zero-order valence-electron chi connectivity index (χ0n) is 48.8. The number of hydrogen-bond acceptors (Lipinski definition) is 5. The van der Waals surface area contributed by atoms with Gasteiger partial charge in [0.15, 0.2) is 6.10 Å². The minimum absolute atomic E-state index is 0.0635. The fraction of sp³-hybridized carbons (Fsp3) is 0.739. The summed E-state index contributed by atoms with van der Waals surface area (Å²) in [4.78, 5) is 24.6. The topological polar surface area (TPSA) is 72.8 Å². The number of unbranched alkanes of at least 4 members (excludes halogenated alkanes) is 34. The third kappa shape index (κ3) is 61.4. The summed E-state index contributed by atoms with van der Waals surface area (Å²) in [7, 11) is 0. The van der Waals surface area contributed by atoms with Gasteiger partial charge in [-0.2, -0.15) is 0 Å². The van der Waals surface area contributed by atoms with Gasteiger partial charge in [0.2, 0.25) is 0 Å². The molecule has 0 saturated carbocycles. The Morgan fingerprint density at radius 2 is 0.581 bits per heavy atom. The quantitative estimate of drug-likeness (QED) is 0.0373. The maximum atomic E-state index is 12.3. The van der Waals surface area contributed by atoms with E-state index in [1.165, 1.54) is 193 Å². The largest absolute Gasteiger partial charge is 0.462 e. The van der Waals surface area contributed by atoms with E-state index in [0.29, 0.717) is 12.8 Å². The zero-order chi connectivity index (χ0) is 53.4. The monoisotopic (exact) mass is 1030 g/mol. The predicted molar refractivity (Wildman–Crippen MR) is 325 cm³/mol. The van der Waals surface area contributed by atoms with Gasteiger partial charge in [0, 0.05) is 12.8 Å². The Morgan fingerprint density at radius 3 is 0.878 bits per heavy atom. The summed E-state index contributed by atoms with van der Waals surface area (Å²) < 4.78 is 10.7. The van der Waals surface area contributed by atoms with Crippen molar-refractivity contribution in [3.8, 4) is 0 Å². The van der Waals surface area contributed by atoms with Gasteiger partial charge in [0.1, 0.15) is 6.61 Å². The van der Waals surface area contributed by atoms with Crippen LogP contribution in [0.15, 0.2) is 97.2 Å². The van der Waals surface area contributed by atoms with Crippen molar-refractivity contribution in [1.29, 1.82) is 0 Å². The van der Waals surface area contributed by atoms with Crippen LogP contribution in [0.3, 0.4) is 0 Å². The molecule has 0 amide bonds. The third-order valence-corrected chi connectivity index (χ3v) is 13.9. The Bertz CT molecular complexity index is 1400. The molecule has 0 fully saturated rings. The highest BCUT2D eigenvalue weighted by atomic mass is 16.6. The molecule has 0 saturated heterocycles. The van der Waals surface area contributed by atoms with Crippen LogP contribution in [0.1, 0.15) is 309 Å². The zero-order valence-corrected chi connectivity index (χ0v) is 48.8. The van der Waals surface area contributed by atoms with Crippen molar-refractivity contribution in [2.24, 2.45) is 0 Å². The molecular weight excluding hydrogens is 909 g/mol. The molecule has 0 aromatic carbocycles. The fourth-order valence-electron chi connectivity index (χ4n) is 9.16. The molecule has 1 unspecified atom stereocenters. The van der Waals surface area contributed by atoms with Crippen molar-refractivity contribution in [2.45, 2.75) is 315 Å². The molecule has 0 heterocycles. The van der Waals surface area contributed by atoms with Crippen molar-refractivity contribution < 1.29 is 24.2 Å².